The van der Waals surface area contributed by atoms with Crippen LogP contribution in [0.15, 0.2) is 24.0 Å². The van der Waals surface area contributed by atoms with Gasteiger partial charge in [0.1, 0.15) is 0 Å². The molecule has 0 saturated heterocycles. The van der Waals surface area contributed by atoms with Crippen molar-refractivity contribution in [1.29, 1.82) is 0 Å². The molecule has 0 amide bonds. The van der Waals surface area contributed by atoms with Crippen LogP contribution in [-0.4, -0.2) is 10.9 Å². The normalized spacial score (nSPS) is 17.5. The zero-order valence-corrected chi connectivity index (χ0v) is 7.67. The Bertz CT molecular complexity index is 177. The van der Waals surface area contributed by atoms with Gasteiger partial charge in [-0.1, -0.05) is 19.1 Å². The molecule has 62 valence electrons. The van der Waals surface area contributed by atoms with Gasteiger partial charge < -0.3 is 4.90 Å². The van der Waals surface area contributed by atoms with Crippen molar-refractivity contribution in [3.8, 4) is 0 Å². The van der Waals surface area contributed by atoms with Gasteiger partial charge in [0.05, 0.1) is 0 Å². The molecule has 0 aromatic rings. The third-order valence-corrected chi connectivity index (χ3v) is 2.01. The molecule has 1 aliphatic rings. The predicted molar refractivity (Wildman–Crippen MR) is 49.1 cm³/mol. The van der Waals surface area contributed by atoms with Crippen molar-refractivity contribution in [2.45, 2.75) is 39.7 Å². The minimum absolute atomic E-state index is 0.595. The van der Waals surface area contributed by atoms with Crippen LogP contribution in [0, 0.1) is 0 Å². The van der Waals surface area contributed by atoms with Crippen molar-refractivity contribution in [1.82, 2.24) is 4.90 Å². The molecular weight excluding hydrogens is 134 g/mol. The number of rotatable bonds is 2. The highest BCUT2D eigenvalue weighted by atomic mass is 15.1. The number of hydrogen-bond acceptors (Lipinski definition) is 1. The molecule has 0 aromatic heterocycles. The van der Waals surface area contributed by atoms with Crippen molar-refractivity contribution in [2.75, 3.05) is 0 Å². The molecule has 0 N–H and O–H groups in total. The Morgan fingerprint density at radius 3 is 2.73 bits per heavy atom. The molecule has 0 aromatic carbocycles. The van der Waals surface area contributed by atoms with Crippen molar-refractivity contribution in [3.05, 3.63) is 24.0 Å². The second-order valence-corrected chi connectivity index (χ2v) is 3.17. The minimum atomic E-state index is 0.595. The molecule has 0 saturated carbocycles. The van der Waals surface area contributed by atoms with Crippen LogP contribution in [0.5, 0.6) is 0 Å². The van der Waals surface area contributed by atoms with E-state index in [1.54, 1.807) is 0 Å². The maximum atomic E-state index is 2.34. The summed E-state index contributed by atoms with van der Waals surface area (Å²) in [7, 11) is 0. The lowest BCUT2D eigenvalue weighted by Gasteiger charge is -2.29. The van der Waals surface area contributed by atoms with Crippen LogP contribution in [-0.2, 0) is 0 Å². The highest BCUT2D eigenvalue weighted by Gasteiger charge is 2.09. The summed E-state index contributed by atoms with van der Waals surface area (Å²) < 4.78 is 0. The summed E-state index contributed by atoms with van der Waals surface area (Å²) in [6.45, 7) is 6.65. The molecule has 0 fully saturated rings. The van der Waals surface area contributed by atoms with Crippen LogP contribution in [0.3, 0.4) is 0 Å². The van der Waals surface area contributed by atoms with E-state index in [1.807, 2.05) is 0 Å². The summed E-state index contributed by atoms with van der Waals surface area (Å²) in [5, 5.41) is 0. The Kier molecular flexibility index (Phi) is 2.75. The molecule has 11 heavy (non-hydrogen) atoms. The fraction of sp³-hybridized carbons (Fsp3) is 0.600. The van der Waals surface area contributed by atoms with E-state index >= 15 is 0 Å². The predicted octanol–water partition coefficient (Wildman–Crippen LogP) is 2.91. The first-order valence-electron chi connectivity index (χ1n) is 4.39. The van der Waals surface area contributed by atoms with E-state index in [0.717, 1.165) is 12.8 Å². The first kappa shape index (κ1) is 8.38. The van der Waals surface area contributed by atoms with E-state index in [4.69, 9.17) is 0 Å². The maximum Gasteiger partial charge on any atom is 0.0276 e. The fourth-order valence-electron chi connectivity index (χ4n) is 1.41. The van der Waals surface area contributed by atoms with Gasteiger partial charge in [0.15, 0.2) is 0 Å². The lowest BCUT2D eigenvalue weighted by molar-refractivity contribution is 0.367. The zero-order valence-electron chi connectivity index (χ0n) is 7.67. The molecule has 1 aliphatic heterocycles. The SMILES string of the molecule is CCC1=CCC=CN1C(C)C. The Hall–Kier alpha value is -0.720. The van der Waals surface area contributed by atoms with Crippen LogP contribution in [0.1, 0.15) is 33.6 Å². The van der Waals surface area contributed by atoms with Crippen LogP contribution in [0.2, 0.25) is 0 Å². The molecule has 0 unspecified atom stereocenters. The van der Waals surface area contributed by atoms with Gasteiger partial charge in [-0.3, -0.25) is 0 Å². The largest absolute Gasteiger partial charge is 0.350 e. The van der Waals surface area contributed by atoms with Gasteiger partial charge >= 0.3 is 0 Å². The topological polar surface area (TPSA) is 3.24 Å². The second-order valence-electron chi connectivity index (χ2n) is 3.17. The van der Waals surface area contributed by atoms with Crippen molar-refractivity contribution in [2.24, 2.45) is 0 Å². The number of allylic oxidation sites excluding steroid dienone is 3. The summed E-state index contributed by atoms with van der Waals surface area (Å²) >= 11 is 0. The second kappa shape index (κ2) is 3.61. The van der Waals surface area contributed by atoms with E-state index in [2.05, 4.69) is 44.0 Å². The molecule has 1 rings (SSSR count). The van der Waals surface area contributed by atoms with Crippen LogP contribution < -0.4 is 0 Å². The number of nitrogens with zero attached hydrogens (tertiary/aromatic N) is 1. The van der Waals surface area contributed by atoms with Gasteiger partial charge in [0, 0.05) is 17.9 Å². The Morgan fingerprint density at radius 2 is 2.27 bits per heavy atom. The highest BCUT2D eigenvalue weighted by molar-refractivity contribution is 5.13. The summed E-state index contributed by atoms with van der Waals surface area (Å²) in [6, 6.07) is 0.595. The first-order valence-corrected chi connectivity index (χ1v) is 4.39. The van der Waals surface area contributed by atoms with Crippen molar-refractivity contribution < 1.29 is 0 Å². The van der Waals surface area contributed by atoms with Crippen LogP contribution in [0.25, 0.3) is 0 Å². The molecule has 0 spiro atoms. The number of hydrogen-bond donors (Lipinski definition) is 0. The highest BCUT2D eigenvalue weighted by Crippen LogP contribution is 2.18. The molecule has 0 bridgehead atoms. The molecule has 1 nitrogen and oxygen atoms in total. The van der Waals surface area contributed by atoms with Gasteiger partial charge in [-0.15, -0.1) is 0 Å². The maximum absolute atomic E-state index is 2.34. The van der Waals surface area contributed by atoms with Gasteiger partial charge in [-0.25, -0.2) is 0 Å². The van der Waals surface area contributed by atoms with Gasteiger partial charge in [0.25, 0.3) is 0 Å². The molecule has 0 aliphatic carbocycles. The average Bonchev–Trinajstić information content (AvgIpc) is 2.04. The van der Waals surface area contributed by atoms with Gasteiger partial charge in [-0.05, 0) is 26.7 Å². The molecule has 1 heteroatoms. The summed E-state index contributed by atoms with van der Waals surface area (Å²) in [4.78, 5) is 2.34. The molecule has 0 radical (unpaired) electrons. The monoisotopic (exact) mass is 151 g/mol. The van der Waals surface area contributed by atoms with E-state index in [1.165, 1.54) is 5.70 Å². The third-order valence-electron chi connectivity index (χ3n) is 2.01. The van der Waals surface area contributed by atoms with E-state index in [9.17, 15) is 0 Å². The molecule has 1 heterocycles. The zero-order chi connectivity index (χ0) is 8.27. The van der Waals surface area contributed by atoms with Crippen molar-refractivity contribution >= 4 is 0 Å². The fourth-order valence-corrected chi connectivity index (χ4v) is 1.41. The lowest BCUT2D eigenvalue weighted by atomic mass is 10.1. The molecular formula is C10H17N. The van der Waals surface area contributed by atoms with E-state index in [-0.39, 0.29) is 0 Å². The quantitative estimate of drug-likeness (QED) is 0.586. The standard InChI is InChI=1S/C10H17N/c1-4-10-7-5-6-8-11(10)9(2)3/h6-9H,4-5H2,1-3H3. The Labute approximate surface area is 69.4 Å². The van der Waals surface area contributed by atoms with E-state index < -0.39 is 0 Å². The third kappa shape index (κ3) is 1.86. The van der Waals surface area contributed by atoms with Gasteiger partial charge in [0.2, 0.25) is 0 Å². The average molecular weight is 151 g/mol. The Morgan fingerprint density at radius 1 is 1.55 bits per heavy atom. The van der Waals surface area contributed by atoms with Crippen LogP contribution in [0.4, 0.5) is 0 Å². The summed E-state index contributed by atoms with van der Waals surface area (Å²) in [6.07, 6.45) is 8.96. The minimum Gasteiger partial charge on any atom is -0.350 e. The first-order chi connectivity index (χ1) is 5.25. The molecule has 0 atom stereocenters. The summed E-state index contributed by atoms with van der Waals surface area (Å²) in [5.41, 5.74) is 1.46. The van der Waals surface area contributed by atoms with Crippen LogP contribution >= 0.6 is 0 Å². The van der Waals surface area contributed by atoms with Crippen molar-refractivity contribution in [3.63, 3.8) is 0 Å². The smallest absolute Gasteiger partial charge is 0.0276 e. The van der Waals surface area contributed by atoms with Gasteiger partial charge in [-0.2, -0.15) is 0 Å². The summed E-state index contributed by atoms with van der Waals surface area (Å²) in [5.74, 6) is 0. The Balaban J connectivity index is 2.67. The lowest BCUT2D eigenvalue weighted by Crippen LogP contribution is -2.25. The van der Waals surface area contributed by atoms with E-state index in [0.29, 0.717) is 6.04 Å².